The van der Waals surface area contributed by atoms with Crippen LogP contribution < -0.4 is 10.6 Å². The van der Waals surface area contributed by atoms with E-state index in [9.17, 15) is 19.2 Å². The number of halogens is 1. The maximum Gasteiger partial charge on any atom is 0.417 e. The third-order valence-electron chi connectivity index (χ3n) is 8.46. The summed E-state index contributed by atoms with van der Waals surface area (Å²) in [6.07, 6.45) is -3.48. The van der Waals surface area contributed by atoms with Gasteiger partial charge in [0.1, 0.15) is 11.5 Å². The Labute approximate surface area is 206 Å². The molecule has 5 amide bonds. The molecule has 0 aromatic rings. The molecule has 196 valence electrons. The van der Waals surface area contributed by atoms with Crippen LogP contribution in [0.3, 0.4) is 0 Å². The van der Waals surface area contributed by atoms with Crippen LogP contribution in [0.2, 0.25) is 0 Å². The molecular weight excluding hydrogens is 479 g/mol. The van der Waals surface area contributed by atoms with Crippen molar-refractivity contribution in [2.75, 3.05) is 13.1 Å². The molecule has 4 saturated heterocycles. The number of carbonyl (C=O) groups excluding carboxylic acids is 4. The van der Waals surface area contributed by atoms with Gasteiger partial charge in [-0.1, -0.05) is 6.92 Å². The first kappa shape index (κ1) is 23.6. The molecule has 5 fully saturated rings. The van der Waals surface area contributed by atoms with Crippen LogP contribution in [-0.2, 0) is 28.8 Å². The van der Waals surface area contributed by atoms with Crippen molar-refractivity contribution in [3.63, 3.8) is 0 Å². The van der Waals surface area contributed by atoms with E-state index in [1.54, 1.807) is 6.92 Å². The van der Waals surface area contributed by atoms with Gasteiger partial charge in [0, 0.05) is 18.2 Å². The molecule has 2 N–H and O–H groups in total. The molecule has 1 spiro atoms. The smallest absolute Gasteiger partial charge is 0.417 e. The molecule has 0 radical (unpaired) electrons. The number of imide groups is 2. The van der Waals surface area contributed by atoms with E-state index >= 15 is 4.39 Å². The Balaban J connectivity index is 1.41. The fourth-order valence-corrected chi connectivity index (χ4v) is 7.09. The molecule has 1 saturated carbocycles. The molecule has 8 atom stereocenters. The number of nitrogens with zero attached hydrogens (tertiary/aromatic N) is 2. The van der Waals surface area contributed by atoms with Gasteiger partial charge < -0.3 is 14.4 Å². The van der Waals surface area contributed by atoms with E-state index in [4.69, 9.17) is 19.2 Å². The number of piperidine rings is 1. The molecule has 6 aliphatic rings. The zero-order valence-corrected chi connectivity index (χ0v) is 20.2. The van der Waals surface area contributed by atoms with Crippen molar-refractivity contribution in [1.29, 1.82) is 0 Å². The third kappa shape index (κ3) is 3.15. The van der Waals surface area contributed by atoms with E-state index in [2.05, 4.69) is 10.6 Å². The lowest BCUT2D eigenvalue weighted by atomic mass is 9.59. The first-order valence-corrected chi connectivity index (χ1v) is 12.4. The second-order valence-electron chi connectivity index (χ2n) is 10.6. The maximum absolute atomic E-state index is 16.3. The summed E-state index contributed by atoms with van der Waals surface area (Å²) >= 11 is 0. The topological polar surface area (TPSA) is 136 Å². The minimum Gasteiger partial charge on any atom is -0.444 e. The normalized spacial score (nSPS) is 41.8. The fourth-order valence-electron chi connectivity index (χ4n) is 7.09. The molecule has 0 bridgehead atoms. The number of carbonyl (C=O) groups is 4. The highest BCUT2D eigenvalue weighted by Crippen LogP contribution is 2.54. The lowest BCUT2D eigenvalue weighted by Gasteiger charge is -2.61. The number of barbiturate groups is 1. The summed E-state index contributed by atoms with van der Waals surface area (Å²) in [5.74, 6) is -1.80. The fraction of sp³-hybridized carbons (Fsp3) is 0.739. The Bertz CT molecular complexity index is 1050. The van der Waals surface area contributed by atoms with Gasteiger partial charge in [0.2, 0.25) is 17.7 Å². The number of hydrogen-bond donors (Lipinski definition) is 2. The van der Waals surface area contributed by atoms with Gasteiger partial charge in [0.25, 0.3) is 0 Å². The minimum atomic E-state index is -1.65. The maximum atomic E-state index is 16.3. The lowest BCUT2D eigenvalue weighted by Crippen LogP contribution is -2.79. The Morgan fingerprint density at radius 3 is 2.50 bits per heavy atom. The van der Waals surface area contributed by atoms with Gasteiger partial charge in [-0.3, -0.25) is 25.1 Å². The molecule has 0 aromatic carbocycles. The molecule has 5 heterocycles. The molecule has 1 aliphatic carbocycles. The zero-order valence-electron chi connectivity index (χ0n) is 20.2. The third-order valence-corrected chi connectivity index (χ3v) is 8.46. The van der Waals surface area contributed by atoms with Crippen molar-refractivity contribution in [3.05, 3.63) is 11.5 Å². The number of hydrogen-bond acceptors (Lipinski definition) is 9. The van der Waals surface area contributed by atoms with Crippen LogP contribution in [0.4, 0.5) is 14.0 Å². The van der Waals surface area contributed by atoms with Gasteiger partial charge in [-0.25, -0.2) is 18.9 Å². The molecule has 36 heavy (non-hydrogen) atoms. The van der Waals surface area contributed by atoms with Crippen LogP contribution in [0.1, 0.15) is 40.0 Å². The molecular formula is C23H29FN4O8. The first-order valence-electron chi connectivity index (χ1n) is 12.4. The predicted molar refractivity (Wildman–Crippen MR) is 116 cm³/mol. The Morgan fingerprint density at radius 2 is 1.83 bits per heavy atom. The summed E-state index contributed by atoms with van der Waals surface area (Å²) in [5.41, 5.74) is -1.18. The van der Waals surface area contributed by atoms with Gasteiger partial charge in [-0.15, -0.1) is 0 Å². The molecule has 12 nitrogen and oxygen atoms in total. The second-order valence-corrected chi connectivity index (χ2v) is 10.6. The van der Waals surface area contributed by atoms with Crippen molar-refractivity contribution in [2.24, 2.45) is 11.3 Å². The van der Waals surface area contributed by atoms with Crippen LogP contribution in [0.25, 0.3) is 0 Å². The zero-order chi connectivity index (χ0) is 25.5. The van der Waals surface area contributed by atoms with Crippen molar-refractivity contribution in [2.45, 2.75) is 82.7 Å². The van der Waals surface area contributed by atoms with E-state index in [-0.39, 0.29) is 37.5 Å². The van der Waals surface area contributed by atoms with Crippen molar-refractivity contribution < 1.29 is 42.8 Å². The highest BCUT2D eigenvalue weighted by molar-refractivity contribution is 6.19. The van der Waals surface area contributed by atoms with Gasteiger partial charge in [-0.2, -0.15) is 4.89 Å². The van der Waals surface area contributed by atoms with E-state index in [0.717, 1.165) is 0 Å². The van der Waals surface area contributed by atoms with Gasteiger partial charge >= 0.3 is 12.1 Å². The molecule has 13 heteroatoms. The summed E-state index contributed by atoms with van der Waals surface area (Å²) in [6.45, 7) is 6.05. The van der Waals surface area contributed by atoms with Crippen LogP contribution in [0, 0.1) is 11.3 Å². The average Bonchev–Trinajstić information content (AvgIpc) is 3.39. The van der Waals surface area contributed by atoms with Gasteiger partial charge in [-0.05, 0) is 39.0 Å². The van der Waals surface area contributed by atoms with E-state index in [1.165, 1.54) is 4.90 Å². The number of nitrogens with one attached hydrogen (secondary N) is 2. The number of morpholine rings is 1. The van der Waals surface area contributed by atoms with Crippen molar-refractivity contribution >= 4 is 23.9 Å². The lowest BCUT2D eigenvalue weighted by molar-refractivity contribution is -0.293. The highest BCUT2D eigenvalue weighted by Gasteiger charge is 2.68. The van der Waals surface area contributed by atoms with Crippen LogP contribution in [0.15, 0.2) is 11.5 Å². The van der Waals surface area contributed by atoms with Crippen LogP contribution in [0.5, 0.6) is 0 Å². The molecule has 6 rings (SSSR count). The number of cyclic esters (lactones) is 1. The number of rotatable bonds is 2. The SMILES string of the molecule is CC[C@H]1CN(C2=C3CC4CC5(C(=O)NC(=O)NC5=O)[C@H]5[C@H](C)O[C@H](C)CN5C4C(F)C3OO2)C(=O)O1. The monoisotopic (exact) mass is 508 g/mol. The number of alkyl halides is 1. The van der Waals surface area contributed by atoms with Gasteiger partial charge in [0.05, 0.1) is 24.8 Å². The quantitative estimate of drug-likeness (QED) is 0.409. The highest BCUT2D eigenvalue weighted by atomic mass is 19.1. The van der Waals surface area contributed by atoms with Crippen LogP contribution in [-0.4, -0.2) is 89.5 Å². The first-order chi connectivity index (χ1) is 17.1. The molecule has 5 aliphatic heterocycles. The standard InChI is InChI=1S/C23H29FN4O8/c1-4-12-8-28(22(32)34-12)18-13-5-11-6-23(19(29)25-21(31)26-20(23)30)17-10(3)33-9(2)7-27(17)15(11)14(24)16(13)35-36-18/h9-12,14-17H,4-8H2,1-3H3,(H2,25,26,29,30,31)/t9-,10+,11?,12+,14?,15?,16?,17-/m1/s1. The van der Waals surface area contributed by atoms with E-state index in [0.29, 0.717) is 18.5 Å². The Kier molecular flexibility index (Phi) is 5.33. The predicted octanol–water partition coefficient (Wildman–Crippen LogP) is 0.720. The molecule has 0 aromatic heterocycles. The Hall–Kier alpha value is -2.77. The summed E-state index contributed by atoms with van der Waals surface area (Å²) in [4.78, 5) is 65.1. The summed E-state index contributed by atoms with van der Waals surface area (Å²) in [6, 6.07) is -2.35. The number of fused-ring (bicyclic) bond motifs is 5. The summed E-state index contributed by atoms with van der Waals surface area (Å²) < 4.78 is 27.6. The minimum absolute atomic E-state index is 0.00217. The van der Waals surface area contributed by atoms with Crippen molar-refractivity contribution in [3.8, 4) is 0 Å². The average molecular weight is 509 g/mol. The van der Waals surface area contributed by atoms with Crippen molar-refractivity contribution in [1.82, 2.24) is 20.4 Å². The van der Waals surface area contributed by atoms with E-state index < -0.39 is 65.7 Å². The second kappa shape index (κ2) is 8.12. The number of ether oxygens (including phenoxy) is 2. The largest absolute Gasteiger partial charge is 0.444 e. The molecule has 4 unspecified atom stereocenters. The van der Waals surface area contributed by atoms with E-state index in [1.807, 2.05) is 18.7 Å². The van der Waals surface area contributed by atoms with Gasteiger partial charge in [0.15, 0.2) is 12.3 Å². The summed E-state index contributed by atoms with van der Waals surface area (Å²) in [5, 5.41) is 4.48. The summed E-state index contributed by atoms with van der Waals surface area (Å²) in [7, 11) is 0. The van der Waals surface area contributed by atoms with Crippen LogP contribution >= 0.6 is 0 Å². The number of amides is 5. The number of urea groups is 1. The Morgan fingerprint density at radius 1 is 1.11 bits per heavy atom.